The summed E-state index contributed by atoms with van der Waals surface area (Å²) >= 11 is 0. The van der Waals surface area contributed by atoms with E-state index in [1.165, 1.54) is 32.3 Å². The summed E-state index contributed by atoms with van der Waals surface area (Å²) in [7, 11) is 0. The summed E-state index contributed by atoms with van der Waals surface area (Å²) in [5, 5.41) is 11.7. The van der Waals surface area contributed by atoms with Crippen LogP contribution in [0.4, 0.5) is 0 Å². The third kappa shape index (κ3) is 6.55. The zero-order chi connectivity index (χ0) is 44.3. The van der Waals surface area contributed by atoms with Crippen molar-refractivity contribution in [2.45, 2.75) is 12.5 Å². The Morgan fingerprint density at radius 1 is 0.439 bits per heavy atom. The Hall–Kier alpha value is -8.53. The number of benzene rings is 10. The van der Waals surface area contributed by atoms with Crippen LogP contribution in [-0.4, -0.2) is 5.71 Å². The molecule has 0 saturated heterocycles. The molecule has 0 aliphatic carbocycles. The molecular formula is C63H43NO2. The number of nitrogens with zero attached hydrogens (tertiary/aromatic N) is 1. The van der Waals surface area contributed by atoms with E-state index in [2.05, 4.69) is 176 Å². The number of rotatable bonds is 10. The summed E-state index contributed by atoms with van der Waals surface area (Å²) in [6.07, 6.45) is 2.39. The van der Waals surface area contributed by atoms with Crippen LogP contribution in [0, 0.1) is 0 Å². The molecule has 12 rings (SSSR count). The largest absolute Gasteiger partial charge is 0.456 e. The van der Waals surface area contributed by atoms with Gasteiger partial charge in [-0.05, 0) is 137 Å². The van der Waals surface area contributed by atoms with Crippen molar-refractivity contribution < 1.29 is 8.83 Å². The second-order valence-corrected chi connectivity index (χ2v) is 17.2. The molecule has 1 atom stereocenters. The van der Waals surface area contributed by atoms with E-state index >= 15 is 0 Å². The van der Waals surface area contributed by atoms with Crippen LogP contribution in [0.3, 0.4) is 0 Å². The van der Waals surface area contributed by atoms with Crippen molar-refractivity contribution in [3.8, 4) is 22.3 Å². The molecule has 1 unspecified atom stereocenters. The minimum atomic E-state index is -0.365. The molecule has 0 spiro atoms. The second-order valence-electron chi connectivity index (χ2n) is 17.2. The summed E-state index contributed by atoms with van der Waals surface area (Å²) in [5.74, 6) is 0. The zero-order valence-electron chi connectivity index (χ0n) is 36.3. The summed E-state index contributed by atoms with van der Waals surface area (Å²) in [4.78, 5) is 5.46. The third-order valence-electron chi connectivity index (χ3n) is 13.2. The quantitative estimate of drug-likeness (QED) is 0.0781. The fourth-order valence-corrected chi connectivity index (χ4v) is 10.1. The van der Waals surface area contributed by atoms with Crippen molar-refractivity contribution in [2.24, 2.45) is 4.99 Å². The van der Waals surface area contributed by atoms with E-state index in [-0.39, 0.29) is 6.04 Å². The summed E-state index contributed by atoms with van der Waals surface area (Å²) in [5.41, 5.74) is 13.6. The van der Waals surface area contributed by atoms with Gasteiger partial charge in [-0.2, -0.15) is 0 Å². The molecule has 12 aromatic rings. The molecular weight excluding hydrogens is 803 g/mol. The lowest BCUT2D eigenvalue weighted by atomic mass is 9.88. The predicted molar refractivity (Wildman–Crippen MR) is 280 cm³/mol. The smallest absolute Gasteiger partial charge is 0.136 e. The first-order valence-corrected chi connectivity index (χ1v) is 22.4. The van der Waals surface area contributed by atoms with Crippen molar-refractivity contribution in [3.63, 3.8) is 0 Å². The maximum Gasteiger partial charge on any atom is 0.136 e. The molecule has 10 aromatic carbocycles. The van der Waals surface area contributed by atoms with E-state index in [0.29, 0.717) is 6.42 Å². The van der Waals surface area contributed by atoms with Gasteiger partial charge in [0.05, 0.1) is 11.8 Å². The summed E-state index contributed by atoms with van der Waals surface area (Å²) in [6.45, 7) is 13.7. The molecule has 2 aromatic heterocycles. The maximum absolute atomic E-state index is 6.58. The Bertz CT molecular complexity index is 3940. The Morgan fingerprint density at radius 3 is 1.64 bits per heavy atom. The fraction of sp³-hybridized carbons (Fsp3) is 0.0317. The Morgan fingerprint density at radius 2 is 0.955 bits per heavy atom. The number of aliphatic imine (C=N–C) groups is 1. The molecule has 66 heavy (non-hydrogen) atoms. The highest BCUT2D eigenvalue weighted by Crippen LogP contribution is 2.44. The third-order valence-corrected chi connectivity index (χ3v) is 13.2. The first-order chi connectivity index (χ1) is 32.5. The monoisotopic (exact) mass is 845 g/mol. The number of para-hydroxylation sites is 1. The number of fused-ring (bicyclic) bond motifs is 12. The van der Waals surface area contributed by atoms with Gasteiger partial charge >= 0.3 is 0 Å². The van der Waals surface area contributed by atoms with Crippen molar-refractivity contribution in [2.75, 3.05) is 0 Å². The average Bonchev–Trinajstić information content (AvgIpc) is 3.95. The average molecular weight is 846 g/mol. The summed E-state index contributed by atoms with van der Waals surface area (Å²) < 4.78 is 12.9. The van der Waals surface area contributed by atoms with Crippen LogP contribution in [0.25, 0.3) is 104 Å². The molecule has 312 valence electrons. The van der Waals surface area contributed by atoms with Gasteiger partial charge in [-0.3, -0.25) is 4.99 Å². The molecule has 3 heteroatoms. The van der Waals surface area contributed by atoms with E-state index in [0.717, 1.165) is 99.7 Å². The van der Waals surface area contributed by atoms with Gasteiger partial charge in [0.1, 0.15) is 22.3 Å². The minimum absolute atomic E-state index is 0.365. The molecule has 0 N–H and O–H groups in total. The Balaban J connectivity index is 0.930. The van der Waals surface area contributed by atoms with E-state index < -0.39 is 0 Å². The molecule has 0 amide bonds. The first-order valence-electron chi connectivity index (χ1n) is 22.4. The van der Waals surface area contributed by atoms with Crippen molar-refractivity contribution in [1.82, 2.24) is 0 Å². The van der Waals surface area contributed by atoms with Crippen LogP contribution >= 0.6 is 0 Å². The van der Waals surface area contributed by atoms with Gasteiger partial charge in [0.25, 0.3) is 0 Å². The standard InChI is InChI=1S/C63H43NO2/c1-4-56(41-17-6-5-7-18-41)64-63(45-32-33-52-50-23-9-8-21-48(50)49-22-10-11-24-51(49)55(52)37-45)40(3)35-39(2)42-19-14-20-43(36-42)46-26-15-29-58-61(46)62-47(27-16-30-59(62)66-58)44-31-34-54-53-25-12-13-28-57(53)65-60(54)38-44/h4-34,36-38,63H,1-3,35H2. The number of hydrogen-bond donors (Lipinski definition) is 0. The number of allylic oxidation sites excluding steroid dienone is 2. The van der Waals surface area contributed by atoms with Crippen LogP contribution in [-0.2, 0) is 0 Å². The first kappa shape index (κ1) is 39.1. The van der Waals surface area contributed by atoms with Crippen LogP contribution in [0.1, 0.15) is 29.2 Å². The normalized spacial score (nSPS) is 12.5. The Labute approximate surface area is 382 Å². The van der Waals surface area contributed by atoms with Crippen LogP contribution < -0.4 is 0 Å². The fourth-order valence-electron chi connectivity index (χ4n) is 10.1. The van der Waals surface area contributed by atoms with Crippen molar-refractivity contribution in [3.05, 3.63) is 248 Å². The van der Waals surface area contributed by atoms with Crippen LogP contribution in [0.5, 0.6) is 0 Å². The van der Waals surface area contributed by atoms with Crippen LogP contribution in [0.2, 0.25) is 0 Å². The number of furan rings is 2. The number of hydrogen-bond acceptors (Lipinski definition) is 3. The molecule has 2 heterocycles. The van der Waals surface area contributed by atoms with E-state index in [1.54, 1.807) is 0 Å². The van der Waals surface area contributed by atoms with Gasteiger partial charge in [0.15, 0.2) is 0 Å². The lowest BCUT2D eigenvalue weighted by Crippen LogP contribution is -2.06. The molecule has 0 aliphatic heterocycles. The Kier molecular flexibility index (Phi) is 9.43. The van der Waals surface area contributed by atoms with Crippen molar-refractivity contribution in [1.29, 1.82) is 0 Å². The maximum atomic E-state index is 6.58. The van der Waals surface area contributed by atoms with Gasteiger partial charge in [0, 0.05) is 21.5 Å². The predicted octanol–water partition coefficient (Wildman–Crippen LogP) is 17.7. The highest BCUT2D eigenvalue weighted by atomic mass is 16.3. The molecule has 0 saturated carbocycles. The van der Waals surface area contributed by atoms with E-state index in [1.807, 2.05) is 36.4 Å². The van der Waals surface area contributed by atoms with Gasteiger partial charge < -0.3 is 8.83 Å². The van der Waals surface area contributed by atoms with E-state index in [4.69, 9.17) is 27.0 Å². The van der Waals surface area contributed by atoms with Gasteiger partial charge in [-0.1, -0.05) is 177 Å². The molecule has 0 fully saturated rings. The lowest BCUT2D eigenvalue weighted by Gasteiger charge is -2.21. The molecule has 0 aliphatic rings. The highest BCUT2D eigenvalue weighted by molar-refractivity contribution is 6.25. The second kappa shape index (κ2) is 15.9. The summed E-state index contributed by atoms with van der Waals surface area (Å²) in [6, 6.07) is 70.1. The van der Waals surface area contributed by atoms with E-state index in [9.17, 15) is 0 Å². The molecule has 0 bridgehead atoms. The minimum Gasteiger partial charge on any atom is -0.456 e. The zero-order valence-corrected chi connectivity index (χ0v) is 36.3. The van der Waals surface area contributed by atoms with Crippen molar-refractivity contribution >= 4 is 87.5 Å². The van der Waals surface area contributed by atoms with Gasteiger partial charge in [-0.15, -0.1) is 0 Å². The van der Waals surface area contributed by atoms with Gasteiger partial charge in [0.2, 0.25) is 0 Å². The van der Waals surface area contributed by atoms with Gasteiger partial charge in [-0.25, -0.2) is 0 Å². The molecule has 0 radical (unpaired) electrons. The SMILES string of the molecule is C=CC(=NC(C(=C)CC(=C)c1cccc(-c2cccc3oc4cccc(-c5ccc6c(c5)oc5ccccc56)c4c23)c1)c1ccc2c3ccccc3c3ccccc3c2c1)c1ccccc1. The molecule has 3 nitrogen and oxygen atoms in total. The highest BCUT2D eigenvalue weighted by Gasteiger charge is 2.21. The van der Waals surface area contributed by atoms with Crippen LogP contribution in [0.15, 0.2) is 245 Å². The topological polar surface area (TPSA) is 38.6 Å². The lowest BCUT2D eigenvalue weighted by molar-refractivity contribution is 0.668.